The summed E-state index contributed by atoms with van der Waals surface area (Å²) in [4.78, 5) is 12.2. The van der Waals surface area contributed by atoms with Crippen molar-refractivity contribution in [2.45, 2.75) is 12.8 Å². The Balaban J connectivity index is 1.44. The average molecular weight is 383 g/mol. The molecule has 6 nitrogen and oxygen atoms in total. The fourth-order valence-corrected chi connectivity index (χ4v) is 2.82. The predicted octanol–water partition coefficient (Wildman–Crippen LogP) is 3.18. The van der Waals surface area contributed by atoms with Crippen molar-refractivity contribution >= 4 is 34.2 Å². The van der Waals surface area contributed by atoms with Crippen molar-refractivity contribution in [2.75, 3.05) is 13.7 Å². The SMILES string of the molecule is COc1cccc2cc(C(=O)NNC(=S)NCCCc3ccccc3)oc12. The number of hydrogen-bond donors (Lipinski definition) is 3. The van der Waals surface area contributed by atoms with Gasteiger partial charge < -0.3 is 14.5 Å². The number of fused-ring (bicyclic) bond motifs is 1. The van der Waals surface area contributed by atoms with Crippen molar-refractivity contribution < 1.29 is 13.9 Å². The van der Waals surface area contributed by atoms with Crippen LogP contribution >= 0.6 is 12.2 Å². The number of hydrazine groups is 1. The van der Waals surface area contributed by atoms with E-state index in [9.17, 15) is 4.79 Å². The monoisotopic (exact) mass is 383 g/mol. The minimum atomic E-state index is -0.415. The fraction of sp³-hybridized carbons (Fsp3) is 0.200. The number of thiocarbonyl (C=S) groups is 1. The van der Waals surface area contributed by atoms with Gasteiger partial charge in [-0.1, -0.05) is 42.5 Å². The molecule has 1 amide bonds. The van der Waals surface area contributed by atoms with Gasteiger partial charge in [0.25, 0.3) is 0 Å². The third-order valence-electron chi connectivity index (χ3n) is 4.01. The summed E-state index contributed by atoms with van der Waals surface area (Å²) in [5.41, 5.74) is 7.03. The first kappa shape index (κ1) is 18.7. The van der Waals surface area contributed by atoms with E-state index in [1.54, 1.807) is 19.2 Å². The van der Waals surface area contributed by atoms with Crippen molar-refractivity contribution in [3.05, 3.63) is 65.9 Å². The lowest BCUT2D eigenvalue weighted by atomic mass is 10.1. The topological polar surface area (TPSA) is 75.5 Å². The van der Waals surface area contributed by atoms with E-state index in [2.05, 4.69) is 28.3 Å². The normalized spacial score (nSPS) is 10.4. The Labute approximate surface area is 162 Å². The fourth-order valence-electron chi connectivity index (χ4n) is 2.67. The van der Waals surface area contributed by atoms with Gasteiger partial charge in [-0.15, -0.1) is 0 Å². The van der Waals surface area contributed by atoms with E-state index in [-0.39, 0.29) is 5.76 Å². The molecule has 1 aromatic heterocycles. The Morgan fingerprint density at radius 2 is 1.93 bits per heavy atom. The van der Waals surface area contributed by atoms with Crippen LogP contribution in [0.3, 0.4) is 0 Å². The van der Waals surface area contributed by atoms with Gasteiger partial charge >= 0.3 is 5.91 Å². The number of ether oxygens (including phenoxy) is 1. The van der Waals surface area contributed by atoms with Crippen molar-refractivity contribution in [1.29, 1.82) is 0 Å². The molecule has 3 rings (SSSR count). The van der Waals surface area contributed by atoms with Crippen LogP contribution in [-0.4, -0.2) is 24.7 Å². The summed E-state index contributed by atoms with van der Waals surface area (Å²) >= 11 is 5.17. The number of rotatable bonds is 6. The molecule has 140 valence electrons. The maximum atomic E-state index is 12.2. The van der Waals surface area contributed by atoms with Crippen LogP contribution < -0.4 is 20.9 Å². The summed E-state index contributed by atoms with van der Waals surface area (Å²) < 4.78 is 10.8. The van der Waals surface area contributed by atoms with Crippen molar-refractivity contribution in [2.24, 2.45) is 0 Å². The van der Waals surface area contributed by atoms with Gasteiger partial charge in [0.1, 0.15) is 0 Å². The lowest BCUT2D eigenvalue weighted by molar-refractivity contribution is 0.0918. The quantitative estimate of drug-likeness (QED) is 0.345. The van der Waals surface area contributed by atoms with Crippen LogP contribution in [0.2, 0.25) is 0 Å². The second kappa shape index (κ2) is 9.05. The number of aryl methyl sites for hydroxylation is 1. The van der Waals surface area contributed by atoms with Gasteiger partial charge in [-0.05, 0) is 42.8 Å². The van der Waals surface area contributed by atoms with Crippen LogP contribution in [0, 0.1) is 0 Å². The maximum absolute atomic E-state index is 12.2. The smallest absolute Gasteiger partial charge is 0.305 e. The molecule has 27 heavy (non-hydrogen) atoms. The highest BCUT2D eigenvalue weighted by molar-refractivity contribution is 7.80. The largest absolute Gasteiger partial charge is 0.493 e. The first-order chi connectivity index (χ1) is 13.2. The maximum Gasteiger partial charge on any atom is 0.305 e. The Bertz CT molecular complexity index is 925. The molecule has 0 saturated carbocycles. The molecule has 0 fully saturated rings. The second-order valence-corrected chi connectivity index (χ2v) is 6.32. The zero-order chi connectivity index (χ0) is 19.1. The zero-order valence-corrected chi connectivity index (χ0v) is 15.8. The highest BCUT2D eigenvalue weighted by atomic mass is 32.1. The Hall–Kier alpha value is -3.06. The Morgan fingerprint density at radius 1 is 1.11 bits per heavy atom. The van der Waals surface area contributed by atoms with Gasteiger partial charge in [0.05, 0.1) is 7.11 Å². The van der Waals surface area contributed by atoms with Gasteiger partial charge in [-0.3, -0.25) is 15.6 Å². The number of carbonyl (C=O) groups excluding carboxylic acids is 1. The molecular weight excluding hydrogens is 362 g/mol. The third-order valence-corrected chi connectivity index (χ3v) is 4.26. The lowest BCUT2D eigenvalue weighted by Gasteiger charge is -2.10. The predicted molar refractivity (Wildman–Crippen MR) is 109 cm³/mol. The minimum absolute atomic E-state index is 0.175. The Morgan fingerprint density at radius 3 is 2.70 bits per heavy atom. The number of benzene rings is 2. The number of hydrogen-bond acceptors (Lipinski definition) is 4. The van der Waals surface area contributed by atoms with Gasteiger partial charge in [-0.2, -0.15) is 0 Å². The van der Waals surface area contributed by atoms with Crippen molar-refractivity contribution in [3.8, 4) is 5.75 Å². The van der Waals surface area contributed by atoms with E-state index >= 15 is 0 Å². The zero-order valence-electron chi connectivity index (χ0n) is 15.0. The molecule has 2 aromatic carbocycles. The lowest BCUT2D eigenvalue weighted by Crippen LogP contribution is -2.46. The molecule has 0 spiro atoms. The summed E-state index contributed by atoms with van der Waals surface area (Å²) in [6.07, 6.45) is 1.90. The summed E-state index contributed by atoms with van der Waals surface area (Å²) in [6.45, 7) is 0.707. The van der Waals surface area contributed by atoms with Gasteiger partial charge in [0.15, 0.2) is 22.2 Å². The highest BCUT2D eigenvalue weighted by Gasteiger charge is 2.14. The molecule has 0 unspecified atom stereocenters. The summed E-state index contributed by atoms with van der Waals surface area (Å²) in [5, 5.41) is 4.20. The Kier molecular flexibility index (Phi) is 6.27. The molecule has 0 radical (unpaired) electrons. The molecule has 0 aliphatic heterocycles. The molecule has 3 N–H and O–H groups in total. The van der Waals surface area contributed by atoms with Crippen LogP contribution in [0.4, 0.5) is 0 Å². The van der Waals surface area contributed by atoms with E-state index in [1.807, 2.05) is 30.3 Å². The van der Waals surface area contributed by atoms with Crippen LogP contribution in [0.15, 0.2) is 59.0 Å². The third kappa shape index (κ3) is 4.98. The molecular formula is C20H21N3O3S. The molecule has 7 heteroatoms. The first-order valence-corrected chi connectivity index (χ1v) is 9.03. The van der Waals surface area contributed by atoms with Crippen molar-refractivity contribution in [3.63, 3.8) is 0 Å². The molecule has 0 atom stereocenters. The van der Waals surface area contributed by atoms with E-state index in [0.29, 0.717) is 23.0 Å². The minimum Gasteiger partial charge on any atom is -0.493 e. The second-order valence-electron chi connectivity index (χ2n) is 5.91. The molecule has 0 bridgehead atoms. The summed E-state index contributed by atoms with van der Waals surface area (Å²) in [6, 6.07) is 17.4. The molecule has 0 aliphatic carbocycles. The number of nitrogens with one attached hydrogen (secondary N) is 3. The number of methoxy groups -OCH3 is 1. The first-order valence-electron chi connectivity index (χ1n) is 8.62. The van der Waals surface area contributed by atoms with Crippen LogP contribution in [0.1, 0.15) is 22.5 Å². The van der Waals surface area contributed by atoms with Crippen LogP contribution in [0.25, 0.3) is 11.0 Å². The highest BCUT2D eigenvalue weighted by Crippen LogP contribution is 2.28. The number of amides is 1. The molecule has 3 aromatic rings. The van der Waals surface area contributed by atoms with Crippen LogP contribution in [-0.2, 0) is 6.42 Å². The standard InChI is InChI=1S/C20H21N3O3S/c1-25-16-11-5-10-15-13-17(26-18(15)16)19(24)22-23-20(27)21-12-6-9-14-7-3-2-4-8-14/h2-5,7-8,10-11,13H,6,9,12H2,1H3,(H,22,24)(H2,21,23,27). The number of para-hydroxylation sites is 1. The molecule has 0 saturated heterocycles. The van der Waals surface area contributed by atoms with Gasteiger partial charge in [0, 0.05) is 11.9 Å². The van der Waals surface area contributed by atoms with E-state index < -0.39 is 5.91 Å². The summed E-state index contributed by atoms with van der Waals surface area (Å²) in [5.74, 6) is 0.339. The average Bonchev–Trinajstić information content (AvgIpc) is 3.14. The number of furan rings is 1. The summed E-state index contributed by atoms with van der Waals surface area (Å²) in [7, 11) is 1.56. The molecule has 0 aliphatic rings. The van der Waals surface area contributed by atoms with E-state index in [1.165, 1.54) is 5.56 Å². The molecule has 1 heterocycles. The van der Waals surface area contributed by atoms with E-state index in [0.717, 1.165) is 18.2 Å². The van der Waals surface area contributed by atoms with Gasteiger partial charge in [0.2, 0.25) is 0 Å². The van der Waals surface area contributed by atoms with E-state index in [4.69, 9.17) is 21.4 Å². The van der Waals surface area contributed by atoms with Crippen LogP contribution in [0.5, 0.6) is 5.75 Å². The van der Waals surface area contributed by atoms with Gasteiger partial charge in [-0.25, -0.2) is 0 Å². The number of carbonyl (C=O) groups is 1. The van der Waals surface area contributed by atoms with Crippen molar-refractivity contribution in [1.82, 2.24) is 16.2 Å².